The van der Waals surface area contributed by atoms with Gasteiger partial charge in [0.15, 0.2) is 5.78 Å². The van der Waals surface area contributed by atoms with E-state index in [2.05, 4.69) is 0 Å². The molecule has 4 aliphatic rings. The summed E-state index contributed by atoms with van der Waals surface area (Å²) in [5.41, 5.74) is -3.85. The Morgan fingerprint density at radius 1 is 1.27 bits per heavy atom. The lowest BCUT2D eigenvalue weighted by Crippen LogP contribution is -2.69. The van der Waals surface area contributed by atoms with Crippen molar-refractivity contribution in [3.05, 3.63) is 22.8 Å². The predicted molar refractivity (Wildman–Crippen MR) is 123 cm³/mol. The van der Waals surface area contributed by atoms with Crippen molar-refractivity contribution < 1.29 is 28.6 Å². The van der Waals surface area contributed by atoms with Crippen LogP contribution < -0.4 is 0 Å². The van der Waals surface area contributed by atoms with E-state index in [0.29, 0.717) is 6.42 Å². The second-order valence-corrected chi connectivity index (χ2v) is 11.9. The fourth-order valence-corrected chi connectivity index (χ4v) is 9.09. The number of carboxylic acid groups (broad SMARTS) is 1. The molecule has 0 spiro atoms. The summed E-state index contributed by atoms with van der Waals surface area (Å²) in [5, 5.41) is 9.41. The first-order valence-corrected chi connectivity index (χ1v) is 12.5. The first-order chi connectivity index (χ1) is 15.2. The number of ketones is 1. The predicted octanol–water partition coefficient (Wildman–Crippen LogP) is 5.41. The van der Waals surface area contributed by atoms with Gasteiger partial charge in [0.1, 0.15) is 6.17 Å². The van der Waals surface area contributed by atoms with Crippen molar-refractivity contribution >= 4 is 52.5 Å². The van der Waals surface area contributed by atoms with E-state index in [1.807, 2.05) is 0 Å². The Hall–Kier alpha value is -1.11. The highest BCUT2D eigenvalue weighted by atomic mass is 35.5. The van der Waals surface area contributed by atoms with Crippen LogP contribution in [0.5, 0.6) is 0 Å². The minimum absolute atomic E-state index is 0.0335. The normalized spacial score (nSPS) is 48.7. The van der Waals surface area contributed by atoms with Gasteiger partial charge in [-0.05, 0) is 42.7 Å². The summed E-state index contributed by atoms with van der Waals surface area (Å²) in [6, 6.07) is 0. The number of carbonyl (C=O) groups excluding carboxylic acids is 2. The average molecular weight is 522 g/mol. The lowest BCUT2D eigenvalue weighted by atomic mass is 9.46. The van der Waals surface area contributed by atoms with Gasteiger partial charge in [-0.25, -0.2) is 9.18 Å². The average Bonchev–Trinajstić information content (AvgIpc) is 2.95. The molecule has 0 aromatic heterocycles. The van der Waals surface area contributed by atoms with Gasteiger partial charge in [0.05, 0.1) is 15.3 Å². The van der Waals surface area contributed by atoms with Crippen molar-refractivity contribution in [2.75, 3.05) is 0 Å². The number of ether oxygens (including phenoxy) is 1. The third kappa shape index (κ3) is 2.86. The number of carbonyl (C=O) groups is 3. The standard InChI is InChI=1S/C24H28Cl3FO5/c1-5-17(30)33-24(20(31)32)11(2)8-12-13-9-14(28)18-19(26)15(29)6-7-21(18,3)23(13,27)16(25)10-22(12,24)4/h6-7,11-14,16H,5,8-10H2,1-4H3,(H,31,32)/t11-,12+,13+,14+,16+,21+,22+,23+,24+/m1/s1. The summed E-state index contributed by atoms with van der Waals surface area (Å²) < 4.78 is 21.4. The van der Waals surface area contributed by atoms with Gasteiger partial charge in [-0.1, -0.05) is 45.4 Å². The number of rotatable bonds is 3. The van der Waals surface area contributed by atoms with Gasteiger partial charge in [0, 0.05) is 23.2 Å². The number of hydrogen-bond donors (Lipinski definition) is 1. The van der Waals surface area contributed by atoms with Gasteiger partial charge in [-0.2, -0.15) is 0 Å². The fourth-order valence-electron chi connectivity index (χ4n) is 7.52. The van der Waals surface area contributed by atoms with Crippen molar-refractivity contribution in [1.29, 1.82) is 0 Å². The Kier molecular flexibility index (Phi) is 5.83. The molecule has 0 aromatic rings. The molecule has 9 heteroatoms. The maximum atomic E-state index is 15.7. The number of aliphatic carboxylic acids is 1. The monoisotopic (exact) mass is 520 g/mol. The quantitative estimate of drug-likeness (QED) is 0.397. The smallest absolute Gasteiger partial charge is 0.349 e. The van der Waals surface area contributed by atoms with Crippen LogP contribution >= 0.6 is 34.8 Å². The largest absolute Gasteiger partial charge is 0.478 e. The molecule has 0 aromatic carbocycles. The molecule has 3 fully saturated rings. The Labute approximate surface area is 207 Å². The Morgan fingerprint density at radius 2 is 1.91 bits per heavy atom. The van der Waals surface area contributed by atoms with Gasteiger partial charge in [0.25, 0.3) is 0 Å². The number of esters is 1. The summed E-state index contributed by atoms with van der Waals surface area (Å²) in [6.45, 7) is 6.88. The van der Waals surface area contributed by atoms with E-state index in [1.54, 1.807) is 33.8 Å². The molecule has 3 saturated carbocycles. The van der Waals surface area contributed by atoms with Crippen molar-refractivity contribution in [2.45, 2.75) is 75.4 Å². The SMILES string of the molecule is CCC(=O)O[C@]1(C(=O)O)[C@H](C)C[C@H]2[C@@H]3C[C@H](F)C4=C(Cl)C(=O)C=C[C@]4(C)[C@@]3(Cl)[C@@H](Cl)C[C@@]21C. The topological polar surface area (TPSA) is 80.7 Å². The molecule has 5 nitrogen and oxygen atoms in total. The van der Waals surface area contributed by atoms with Crippen LogP contribution in [-0.4, -0.2) is 44.9 Å². The molecule has 4 aliphatic carbocycles. The maximum Gasteiger partial charge on any atom is 0.349 e. The highest BCUT2D eigenvalue weighted by molar-refractivity contribution is 6.45. The van der Waals surface area contributed by atoms with E-state index in [9.17, 15) is 19.5 Å². The number of fused-ring (bicyclic) bond motifs is 5. The summed E-state index contributed by atoms with van der Waals surface area (Å²) in [6.07, 6.45) is 1.90. The summed E-state index contributed by atoms with van der Waals surface area (Å²) in [7, 11) is 0. The zero-order valence-corrected chi connectivity index (χ0v) is 21.2. The molecule has 9 atom stereocenters. The number of hydrogen-bond acceptors (Lipinski definition) is 4. The van der Waals surface area contributed by atoms with Crippen LogP contribution in [0.4, 0.5) is 4.39 Å². The van der Waals surface area contributed by atoms with Gasteiger partial charge < -0.3 is 9.84 Å². The number of halogens is 4. The zero-order valence-electron chi connectivity index (χ0n) is 19.0. The Balaban J connectivity index is 1.89. The van der Waals surface area contributed by atoms with Crippen molar-refractivity contribution in [3.8, 4) is 0 Å². The highest BCUT2D eigenvalue weighted by Crippen LogP contribution is 2.73. The molecule has 182 valence electrons. The number of alkyl halides is 3. The van der Waals surface area contributed by atoms with E-state index in [1.165, 1.54) is 6.08 Å². The molecular formula is C24H28Cl3FO5. The van der Waals surface area contributed by atoms with Gasteiger partial charge in [0.2, 0.25) is 5.60 Å². The van der Waals surface area contributed by atoms with Crippen molar-refractivity contribution in [2.24, 2.45) is 28.6 Å². The maximum absolute atomic E-state index is 15.7. The van der Waals surface area contributed by atoms with Crippen molar-refractivity contribution in [1.82, 2.24) is 0 Å². The highest BCUT2D eigenvalue weighted by Gasteiger charge is 2.77. The first kappa shape index (κ1) is 25.0. The lowest BCUT2D eigenvalue weighted by molar-refractivity contribution is -0.206. The van der Waals surface area contributed by atoms with E-state index >= 15 is 4.39 Å². The summed E-state index contributed by atoms with van der Waals surface area (Å²) in [5.74, 6) is -3.73. The Morgan fingerprint density at radius 3 is 2.48 bits per heavy atom. The van der Waals surface area contributed by atoms with Gasteiger partial charge >= 0.3 is 11.9 Å². The molecule has 0 aliphatic heterocycles. The minimum Gasteiger partial charge on any atom is -0.478 e. The van der Waals surface area contributed by atoms with Crippen LogP contribution in [0.15, 0.2) is 22.8 Å². The molecule has 1 N–H and O–H groups in total. The van der Waals surface area contributed by atoms with E-state index < -0.39 is 62.4 Å². The van der Waals surface area contributed by atoms with Gasteiger partial charge in [-0.15, -0.1) is 23.2 Å². The summed E-state index contributed by atoms with van der Waals surface area (Å²) >= 11 is 20.7. The van der Waals surface area contributed by atoms with E-state index in [0.717, 1.165) is 0 Å². The fraction of sp³-hybridized carbons (Fsp3) is 0.708. The van der Waals surface area contributed by atoms with Crippen LogP contribution in [0.25, 0.3) is 0 Å². The molecule has 0 unspecified atom stereocenters. The second kappa shape index (κ2) is 7.69. The molecule has 0 saturated heterocycles. The molecule has 33 heavy (non-hydrogen) atoms. The molecule has 0 bridgehead atoms. The van der Waals surface area contributed by atoms with Crippen LogP contribution in [0.1, 0.15) is 53.4 Å². The third-order valence-corrected chi connectivity index (χ3v) is 11.0. The van der Waals surface area contributed by atoms with Crippen LogP contribution in [0.2, 0.25) is 0 Å². The third-order valence-electron chi connectivity index (χ3n) is 9.08. The summed E-state index contributed by atoms with van der Waals surface area (Å²) in [4.78, 5) is 36.1. The zero-order chi connectivity index (χ0) is 24.7. The lowest BCUT2D eigenvalue weighted by Gasteiger charge is -2.64. The van der Waals surface area contributed by atoms with Gasteiger partial charge in [-0.3, -0.25) is 9.59 Å². The van der Waals surface area contributed by atoms with Crippen LogP contribution in [0, 0.1) is 28.6 Å². The first-order valence-electron chi connectivity index (χ1n) is 11.3. The molecule has 0 amide bonds. The number of carboxylic acids is 1. The van der Waals surface area contributed by atoms with E-state index in [-0.39, 0.29) is 35.8 Å². The molecular weight excluding hydrogens is 494 g/mol. The number of allylic oxidation sites excluding steroid dienone is 4. The second-order valence-electron chi connectivity index (χ2n) is 10.4. The van der Waals surface area contributed by atoms with Crippen LogP contribution in [-0.2, 0) is 19.1 Å². The van der Waals surface area contributed by atoms with Crippen molar-refractivity contribution in [3.63, 3.8) is 0 Å². The molecule has 0 radical (unpaired) electrons. The molecule has 4 rings (SSSR count). The van der Waals surface area contributed by atoms with E-state index in [4.69, 9.17) is 39.5 Å². The molecule has 0 heterocycles. The van der Waals surface area contributed by atoms with Crippen LogP contribution in [0.3, 0.4) is 0 Å². The Bertz CT molecular complexity index is 997. The minimum atomic E-state index is -1.80.